The number of imidazole rings is 1. The minimum atomic E-state index is -0.389. The Labute approximate surface area is 141 Å². The number of hydrogen-bond donors (Lipinski definition) is 0. The summed E-state index contributed by atoms with van der Waals surface area (Å²) in [6, 6.07) is 7.31. The lowest BCUT2D eigenvalue weighted by molar-refractivity contribution is 0.779. The Morgan fingerprint density at radius 1 is 1.08 bits per heavy atom. The van der Waals surface area contributed by atoms with Gasteiger partial charge in [-0.3, -0.25) is 4.98 Å². The van der Waals surface area contributed by atoms with E-state index in [0.717, 1.165) is 5.56 Å². The van der Waals surface area contributed by atoms with Gasteiger partial charge in [-0.2, -0.15) is 4.98 Å². The second-order valence-electron chi connectivity index (χ2n) is 5.13. The third kappa shape index (κ3) is 2.55. The molecule has 4 heterocycles. The van der Waals surface area contributed by atoms with Crippen molar-refractivity contribution in [3.63, 3.8) is 0 Å². The van der Waals surface area contributed by atoms with E-state index in [4.69, 9.17) is 11.6 Å². The Hall–Kier alpha value is -3.06. The van der Waals surface area contributed by atoms with Crippen molar-refractivity contribution in [2.24, 2.45) is 0 Å². The predicted octanol–water partition coefficient (Wildman–Crippen LogP) is 2.03. The van der Waals surface area contributed by atoms with E-state index in [1.165, 1.54) is 17.0 Å². The Bertz CT molecular complexity index is 1010. The molecule has 0 amide bonds. The molecule has 0 bridgehead atoms. The molecule has 4 rings (SSSR count). The third-order valence-corrected chi connectivity index (χ3v) is 3.80. The molecule has 0 radical (unpaired) electrons. The number of hydrogen-bond acceptors (Lipinski definition) is 5. The number of rotatable bonds is 3. The van der Waals surface area contributed by atoms with Crippen LogP contribution in [0.15, 0.2) is 60.0 Å². The number of aromatic nitrogens is 6. The van der Waals surface area contributed by atoms with Crippen LogP contribution in [0, 0.1) is 0 Å². The fourth-order valence-corrected chi connectivity index (χ4v) is 2.63. The van der Waals surface area contributed by atoms with Gasteiger partial charge in [-0.05, 0) is 23.8 Å². The van der Waals surface area contributed by atoms with Crippen molar-refractivity contribution in [1.29, 1.82) is 0 Å². The zero-order valence-electron chi connectivity index (χ0n) is 12.4. The van der Waals surface area contributed by atoms with Crippen LogP contribution in [0.5, 0.6) is 0 Å². The van der Waals surface area contributed by atoms with Gasteiger partial charge in [-0.15, -0.1) is 0 Å². The summed E-state index contributed by atoms with van der Waals surface area (Å²) in [6.07, 6.45) is 8.19. The van der Waals surface area contributed by atoms with E-state index in [-0.39, 0.29) is 5.69 Å². The van der Waals surface area contributed by atoms with E-state index in [0.29, 0.717) is 29.0 Å². The van der Waals surface area contributed by atoms with Crippen LogP contribution in [0.1, 0.15) is 5.56 Å². The third-order valence-electron chi connectivity index (χ3n) is 3.58. The molecule has 0 aliphatic carbocycles. The first-order valence-corrected chi connectivity index (χ1v) is 7.55. The Kier molecular flexibility index (Phi) is 3.55. The van der Waals surface area contributed by atoms with E-state index in [2.05, 4.69) is 19.9 Å². The first-order valence-electron chi connectivity index (χ1n) is 7.17. The van der Waals surface area contributed by atoms with Crippen LogP contribution in [0.2, 0.25) is 5.15 Å². The van der Waals surface area contributed by atoms with E-state index in [1.54, 1.807) is 18.5 Å². The quantitative estimate of drug-likeness (QED) is 0.534. The molecular weight excluding hydrogens is 328 g/mol. The van der Waals surface area contributed by atoms with Crippen LogP contribution in [0.25, 0.3) is 17.3 Å². The van der Waals surface area contributed by atoms with E-state index in [9.17, 15) is 4.79 Å². The zero-order valence-corrected chi connectivity index (χ0v) is 13.1. The lowest BCUT2D eigenvalue weighted by Gasteiger charge is -2.12. The predicted molar refractivity (Wildman–Crippen MR) is 88.4 cm³/mol. The highest BCUT2D eigenvalue weighted by Crippen LogP contribution is 2.21. The van der Waals surface area contributed by atoms with E-state index >= 15 is 0 Å². The van der Waals surface area contributed by atoms with Crippen molar-refractivity contribution in [2.45, 2.75) is 6.54 Å². The van der Waals surface area contributed by atoms with Crippen molar-refractivity contribution in [3.8, 4) is 17.3 Å². The van der Waals surface area contributed by atoms with Crippen LogP contribution in [0.3, 0.4) is 0 Å². The maximum Gasteiger partial charge on any atom is 0.356 e. The standard InChI is InChI=1S/C16H11ClN6O/c17-13-4-3-11(8-20-13)10-22-7-1-2-12-15(22)21-16(24)23(12)14-9-18-5-6-19-14/h1-9H,10H2. The molecule has 0 fully saturated rings. The molecule has 2 aliphatic heterocycles. The van der Waals surface area contributed by atoms with Gasteiger partial charge in [0.15, 0.2) is 11.6 Å². The molecule has 0 unspecified atom stereocenters. The van der Waals surface area contributed by atoms with Gasteiger partial charge in [-0.1, -0.05) is 17.7 Å². The largest absolute Gasteiger partial charge is 0.356 e. The lowest BCUT2D eigenvalue weighted by atomic mass is 10.2. The van der Waals surface area contributed by atoms with Crippen LogP contribution in [0.4, 0.5) is 0 Å². The van der Waals surface area contributed by atoms with Gasteiger partial charge in [0, 0.05) is 24.8 Å². The molecule has 24 heavy (non-hydrogen) atoms. The van der Waals surface area contributed by atoms with E-state index in [1.807, 2.05) is 29.0 Å². The summed E-state index contributed by atoms with van der Waals surface area (Å²) < 4.78 is 3.33. The fourth-order valence-electron chi connectivity index (χ4n) is 2.52. The van der Waals surface area contributed by atoms with Crippen molar-refractivity contribution >= 4 is 11.6 Å². The van der Waals surface area contributed by atoms with Gasteiger partial charge in [-0.25, -0.2) is 19.3 Å². The van der Waals surface area contributed by atoms with Crippen molar-refractivity contribution in [3.05, 3.63) is 76.5 Å². The van der Waals surface area contributed by atoms with Crippen LogP contribution >= 0.6 is 11.6 Å². The lowest BCUT2D eigenvalue weighted by Crippen LogP contribution is -2.15. The summed E-state index contributed by atoms with van der Waals surface area (Å²) in [5, 5.41) is 0.440. The molecule has 0 N–H and O–H groups in total. The van der Waals surface area contributed by atoms with Crippen molar-refractivity contribution in [1.82, 2.24) is 29.1 Å². The molecular formula is C16H11ClN6O. The number of fused-ring (bicyclic) bond motifs is 1. The molecule has 2 aliphatic rings. The number of pyridine rings is 2. The highest BCUT2D eigenvalue weighted by molar-refractivity contribution is 6.29. The molecule has 0 saturated carbocycles. The SMILES string of the molecule is O=c1nc2n(Cc3ccc(Cl)nc3)cccc-2n1-c1cnccn1. The molecule has 0 aromatic carbocycles. The molecule has 2 aromatic heterocycles. The van der Waals surface area contributed by atoms with Gasteiger partial charge in [0.1, 0.15) is 5.15 Å². The number of halogens is 1. The molecule has 2 aromatic rings. The molecule has 118 valence electrons. The van der Waals surface area contributed by atoms with Crippen LogP contribution < -0.4 is 5.69 Å². The molecule has 0 spiro atoms. The van der Waals surface area contributed by atoms with Gasteiger partial charge < -0.3 is 4.57 Å². The Morgan fingerprint density at radius 3 is 2.75 bits per heavy atom. The number of nitrogens with zero attached hydrogens (tertiary/aromatic N) is 6. The van der Waals surface area contributed by atoms with Gasteiger partial charge >= 0.3 is 5.69 Å². The Morgan fingerprint density at radius 2 is 2.00 bits per heavy atom. The average molecular weight is 339 g/mol. The Balaban J connectivity index is 1.79. The molecule has 0 saturated heterocycles. The minimum absolute atomic E-state index is 0.389. The summed E-state index contributed by atoms with van der Waals surface area (Å²) in [7, 11) is 0. The smallest absolute Gasteiger partial charge is 0.327 e. The van der Waals surface area contributed by atoms with Gasteiger partial charge in [0.05, 0.1) is 18.4 Å². The zero-order chi connectivity index (χ0) is 16.5. The summed E-state index contributed by atoms with van der Waals surface area (Å²) in [4.78, 5) is 28.8. The van der Waals surface area contributed by atoms with E-state index < -0.39 is 0 Å². The first kappa shape index (κ1) is 14.5. The summed E-state index contributed by atoms with van der Waals surface area (Å²) >= 11 is 5.81. The van der Waals surface area contributed by atoms with Crippen molar-refractivity contribution < 1.29 is 0 Å². The second-order valence-corrected chi connectivity index (χ2v) is 5.51. The van der Waals surface area contributed by atoms with Crippen LogP contribution in [-0.2, 0) is 6.54 Å². The maximum absolute atomic E-state index is 12.3. The summed E-state index contributed by atoms with van der Waals surface area (Å²) in [5.74, 6) is 1.01. The normalized spacial score (nSPS) is 11.0. The van der Waals surface area contributed by atoms with Gasteiger partial charge in [0.2, 0.25) is 0 Å². The molecule has 0 atom stereocenters. The van der Waals surface area contributed by atoms with Crippen molar-refractivity contribution in [2.75, 3.05) is 0 Å². The second kappa shape index (κ2) is 5.86. The summed E-state index contributed by atoms with van der Waals surface area (Å²) in [6.45, 7) is 0.526. The highest BCUT2D eigenvalue weighted by Gasteiger charge is 2.19. The highest BCUT2D eigenvalue weighted by atomic mass is 35.5. The topological polar surface area (TPSA) is 78.5 Å². The average Bonchev–Trinajstić information content (AvgIpc) is 2.95. The van der Waals surface area contributed by atoms with Crippen LogP contribution in [-0.4, -0.2) is 29.1 Å². The summed E-state index contributed by atoms with van der Waals surface area (Å²) in [5.41, 5.74) is 1.24. The molecule has 8 heteroatoms. The minimum Gasteiger partial charge on any atom is -0.327 e. The maximum atomic E-state index is 12.3. The first-order chi connectivity index (χ1) is 11.7. The van der Waals surface area contributed by atoms with Gasteiger partial charge in [0.25, 0.3) is 0 Å². The molecule has 7 nitrogen and oxygen atoms in total. The fraction of sp³-hybridized carbons (Fsp3) is 0.0625. The monoisotopic (exact) mass is 338 g/mol.